The van der Waals surface area contributed by atoms with Crippen LogP contribution in [0.1, 0.15) is 42.5 Å². The molecule has 0 atom stereocenters. The molecule has 3 aromatic rings. The van der Waals surface area contributed by atoms with E-state index in [4.69, 9.17) is 23.7 Å². The summed E-state index contributed by atoms with van der Waals surface area (Å²) in [6.07, 6.45) is 3.87. The second-order valence-corrected chi connectivity index (χ2v) is 10.1. The zero-order chi connectivity index (χ0) is 33.1. The van der Waals surface area contributed by atoms with Gasteiger partial charge in [0.15, 0.2) is 0 Å². The van der Waals surface area contributed by atoms with Gasteiger partial charge in [0.25, 0.3) is 0 Å². The maximum atomic E-state index is 12.6. The lowest BCUT2D eigenvalue weighted by molar-refractivity contribution is -0.141. The molecule has 0 aliphatic heterocycles. The Morgan fingerprint density at radius 2 is 1.09 bits per heavy atom. The summed E-state index contributed by atoms with van der Waals surface area (Å²) in [5, 5.41) is 0. The number of ether oxygens (including phenoxy) is 6. The molecule has 0 aliphatic rings. The van der Waals surface area contributed by atoms with E-state index in [2.05, 4.69) is 17.9 Å². The molecule has 0 spiro atoms. The molecule has 9 nitrogen and oxygen atoms in total. The van der Waals surface area contributed by atoms with Crippen LogP contribution in [0.5, 0.6) is 17.2 Å². The number of methoxy groups -OCH3 is 1. The fourth-order valence-electron chi connectivity index (χ4n) is 4.05. The summed E-state index contributed by atoms with van der Waals surface area (Å²) < 4.78 is 44.2. The molecule has 46 heavy (non-hydrogen) atoms. The summed E-state index contributed by atoms with van der Waals surface area (Å²) in [6, 6.07) is 21.4. The first-order valence-electron chi connectivity index (χ1n) is 14.9. The number of hydrogen-bond acceptors (Lipinski definition) is 9. The highest BCUT2D eigenvalue weighted by Gasteiger charge is 2.11. The van der Waals surface area contributed by atoms with Gasteiger partial charge in [0.05, 0.1) is 44.2 Å². The van der Waals surface area contributed by atoms with Crippen molar-refractivity contribution in [3.05, 3.63) is 103 Å². The Labute approximate surface area is 268 Å². The number of benzene rings is 3. The Bertz CT molecular complexity index is 1430. The van der Waals surface area contributed by atoms with Crippen molar-refractivity contribution in [3.8, 4) is 28.4 Å². The number of esters is 3. The lowest BCUT2D eigenvalue weighted by Crippen LogP contribution is -2.11. The molecule has 0 saturated heterocycles. The third-order valence-electron chi connectivity index (χ3n) is 6.50. The molecule has 244 valence electrons. The molecule has 0 amide bonds. The summed E-state index contributed by atoms with van der Waals surface area (Å²) in [5.74, 6) is -1.37. The molecule has 0 bridgehead atoms. The van der Waals surface area contributed by atoms with Crippen molar-refractivity contribution in [1.82, 2.24) is 0 Å². The first-order valence-corrected chi connectivity index (χ1v) is 14.9. The summed E-state index contributed by atoms with van der Waals surface area (Å²) in [5.41, 5.74) is 2.58. The monoisotopic (exact) mass is 634 g/mol. The van der Waals surface area contributed by atoms with Crippen LogP contribution in [0.3, 0.4) is 0 Å². The third-order valence-corrected chi connectivity index (χ3v) is 6.50. The van der Waals surface area contributed by atoms with Crippen LogP contribution < -0.4 is 14.2 Å². The Balaban J connectivity index is 1.33. The Morgan fingerprint density at radius 3 is 1.65 bits per heavy atom. The molecule has 0 saturated carbocycles. The lowest BCUT2D eigenvalue weighted by atomic mass is 10.1. The largest absolute Gasteiger partial charge is 0.494 e. The van der Waals surface area contributed by atoms with Crippen LogP contribution in [-0.2, 0) is 23.8 Å². The second-order valence-electron chi connectivity index (χ2n) is 10.1. The lowest BCUT2D eigenvalue weighted by Gasteiger charge is -2.09. The van der Waals surface area contributed by atoms with Crippen molar-refractivity contribution < 1.29 is 47.2 Å². The first kappa shape index (κ1) is 35.5. The van der Waals surface area contributed by atoms with Gasteiger partial charge < -0.3 is 28.4 Å². The van der Waals surface area contributed by atoms with Crippen molar-refractivity contribution in [3.63, 3.8) is 0 Å². The van der Waals surface area contributed by atoms with Gasteiger partial charge in [-0.05, 0) is 85.3 Å². The standard InChI is InChI=1S/C36H39FO9/c1-26(25-41-3)34(38)44-22-7-5-4-6-21-42-32-17-13-30(14-18-32)36(40)46-33-19-11-29(12-20-33)28-9-15-31(16-10-28)43-23-8-24-45-35(39)27(2)37/h9-20H,1-2,4-8,21-25H2,3H3. The number of rotatable bonds is 20. The molecule has 0 aromatic heterocycles. The highest BCUT2D eigenvalue weighted by molar-refractivity contribution is 5.91. The van der Waals surface area contributed by atoms with E-state index in [-0.39, 0.29) is 13.2 Å². The molecule has 0 radical (unpaired) electrons. The van der Waals surface area contributed by atoms with Crippen LogP contribution in [0.2, 0.25) is 0 Å². The minimum absolute atomic E-state index is 0.0371. The highest BCUT2D eigenvalue weighted by atomic mass is 19.1. The molecule has 0 N–H and O–H groups in total. The zero-order valence-electron chi connectivity index (χ0n) is 26.0. The number of carbonyl (C=O) groups excluding carboxylic acids is 3. The van der Waals surface area contributed by atoms with Gasteiger partial charge in [-0.3, -0.25) is 0 Å². The number of carbonyl (C=O) groups is 3. The van der Waals surface area contributed by atoms with Gasteiger partial charge in [0, 0.05) is 13.5 Å². The molecule has 3 aromatic carbocycles. The van der Waals surface area contributed by atoms with Crippen LogP contribution in [0.4, 0.5) is 4.39 Å². The van der Waals surface area contributed by atoms with Gasteiger partial charge in [0.1, 0.15) is 17.2 Å². The van der Waals surface area contributed by atoms with E-state index in [1.165, 1.54) is 7.11 Å². The number of hydrogen-bond donors (Lipinski definition) is 0. The molecular weight excluding hydrogens is 595 g/mol. The van der Waals surface area contributed by atoms with Gasteiger partial charge in [-0.25, -0.2) is 14.4 Å². The Hall–Kier alpha value is -4.96. The molecule has 10 heteroatoms. The van der Waals surface area contributed by atoms with E-state index in [1.807, 2.05) is 36.4 Å². The molecular formula is C36H39FO9. The molecule has 0 heterocycles. The molecule has 3 rings (SSSR count). The van der Waals surface area contributed by atoms with Crippen molar-refractivity contribution in [2.45, 2.75) is 32.1 Å². The minimum atomic E-state index is -1.12. The van der Waals surface area contributed by atoms with Gasteiger partial charge in [0.2, 0.25) is 5.83 Å². The Morgan fingerprint density at radius 1 is 0.609 bits per heavy atom. The van der Waals surface area contributed by atoms with Crippen molar-refractivity contribution >= 4 is 17.9 Å². The topological polar surface area (TPSA) is 107 Å². The fraction of sp³-hybridized carbons (Fsp3) is 0.306. The van der Waals surface area contributed by atoms with E-state index in [0.29, 0.717) is 54.6 Å². The number of halogens is 1. The predicted octanol–water partition coefficient (Wildman–Crippen LogP) is 7.05. The minimum Gasteiger partial charge on any atom is -0.494 e. The van der Waals surface area contributed by atoms with Crippen LogP contribution in [0.15, 0.2) is 97.4 Å². The first-order chi connectivity index (χ1) is 22.3. The smallest absolute Gasteiger partial charge is 0.366 e. The maximum absolute atomic E-state index is 12.6. The zero-order valence-corrected chi connectivity index (χ0v) is 26.0. The number of unbranched alkanes of at least 4 members (excludes halogenated alkanes) is 3. The van der Waals surface area contributed by atoms with E-state index in [9.17, 15) is 18.8 Å². The average molecular weight is 635 g/mol. The van der Waals surface area contributed by atoms with E-state index in [0.717, 1.165) is 36.8 Å². The van der Waals surface area contributed by atoms with Gasteiger partial charge in [-0.15, -0.1) is 0 Å². The van der Waals surface area contributed by atoms with E-state index >= 15 is 0 Å². The van der Waals surface area contributed by atoms with Gasteiger partial charge >= 0.3 is 17.9 Å². The van der Waals surface area contributed by atoms with E-state index < -0.39 is 23.7 Å². The molecule has 0 unspecified atom stereocenters. The molecule has 0 aliphatic carbocycles. The van der Waals surface area contributed by atoms with Crippen molar-refractivity contribution in [2.24, 2.45) is 0 Å². The maximum Gasteiger partial charge on any atom is 0.366 e. The average Bonchev–Trinajstić information content (AvgIpc) is 3.06. The van der Waals surface area contributed by atoms with Crippen LogP contribution in [0, 0.1) is 0 Å². The third kappa shape index (κ3) is 12.6. The second kappa shape index (κ2) is 19.4. The van der Waals surface area contributed by atoms with Crippen LogP contribution in [0.25, 0.3) is 11.1 Å². The molecule has 0 fully saturated rings. The summed E-state index contributed by atoms with van der Waals surface area (Å²) in [7, 11) is 1.50. The predicted molar refractivity (Wildman–Crippen MR) is 171 cm³/mol. The van der Waals surface area contributed by atoms with Crippen molar-refractivity contribution in [1.29, 1.82) is 0 Å². The highest BCUT2D eigenvalue weighted by Crippen LogP contribution is 2.25. The van der Waals surface area contributed by atoms with Crippen LogP contribution in [-0.4, -0.2) is 58.1 Å². The normalized spacial score (nSPS) is 10.5. The van der Waals surface area contributed by atoms with E-state index in [1.54, 1.807) is 36.4 Å². The SMILES string of the molecule is C=C(F)C(=O)OCCCOc1ccc(-c2ccc(OC(=O)c3ccc(OCCCCCCOC(=O)C(=C)COC)cc3)cc2)cc1. The van der Waals surface area contributed by atoms with Crippen molar-refractivity contribution in [2.75, 3.05) is 40.1 Å². The quantitative estimate of drug-likeness (QED) is 0.0559. The Kier molecular flexibility index (Phi) is 15.0. The van der Waals surface area contributed by atoms with Gasteiger partial charge in [-0.2, -0.15) is 4.39 Å². The van der Waals surface area contributed by atoms with Gasteiger partial charge in [-0.1, -0.05) is 37.4 Å². The fourth-order valence-corrected chi connectivity index (χ4v) is 4.05. The summed E-state index contributed by atoms with van der Waals surface area (Å²) in [4.78, 5) is 35.3. The summed E-state index contributed by atoms with van der Waals surface area (Å²) in [6.45, 7) is 7.89. The van der Waals surface area contributed by atoms with Crippen LogP contribution >= 0.6 is 0 Å². The summed E-state index contributed by atoms with van der Waals surface area (Å²) >= 11 is 0.